The number of hydrogen-bond donors (Lipinski definition) is 1. The van der Waals surface area contributed by atoms with Crippen LogP contribution in [0.25, 0.3) is 0 Å². The lowest BCUT2D eigenvalue weighted by Crippen LogP contribution is -2.52. The largest absolute Gasteiger partial charge is 0.486 e. The van der Waals surface area contributed by atoms with Crippen LogP contribution in [0.1, 0.15) is 54.8 Å². The summed E-state index contributed by atoms with van der Waals surface area (Å²) in [6.45, 7) is 0.156. The van der Waals surface area contributed by atoms with Gasteiger partial charge in [-0.25, -0.2) is 4.39 Å². The van der Waals surface area contributed by atoms with Crippen molar-refractivity contribution >= 4 is 11.6 Å². The van der Waals surface area contributed by atoms with Gasteiger partial charge in [0.05, 0.1) is 17.4 Å². The number of ether oxygens (including phenoxy) is 1. The Kier molecular flexibility index (Phi) is 4.59. The van der Waals surface area contributed by atoms with Crippen LogP contribution in [0.4, 0.5) is 10.1 Å². The van der Waals surface area contributed by atoms with Crippen molar-refractivity contribution in [3.63, 3.8) is 0 Å². The molecular weight excluding hydrogens is 409 g/mol. The topological polar surface area (TPSA) is 69.3 Å². The van der Waals surface area contributed by atoms with Crippen LogP contribution in [0.2, 0.25) is 0 Å². The Bertz CT molecular complexity index is 1100. The maximum Gasteiger partial charge on any atom is 0.291 e. The Morgan fingerprint density at radius 3 is 2.47 bits per heavy atom. The fourth-order valence-corrected chi connectivity index (χ4v) is 6.45. The van der Waals surface area contributed by atoms with Crippen molar-refractivity contribution in [1.29, 1.82) is 0 Å². The molecule has 4 fully saturated rings. The molecule has 32 heavy (non-hydrogen) atoms. The van der Waals surface area contributed by atoms with Crippen LogP contribution < -0.4 is 10.1 Å². The molecule has 1 amide bonds. The lowest BCUT2D eigenvalue weighted by molar-refractivity contribution is -0.0493. The summed E-state index contributed by atoms with van der Waals surface area (Å²) >= 11 is 0. The average molecular weight is 435 g/mol. The number of nitrogens with one attached hydrogen (secondary N) is 1. The maximum atomic E-state index is 13.0. The molecule has 4 aliphatic rings. The molecule has 166 valence electrons. The van der Waals surface area contributed by atoms with Gasteiger partial charge in [-0.3, -0.25) is 9.48 Å². The van der Waals surface area contributed by atoms with Gasteiger partial charge >= 0.3 is 0 Å². The Balaban J connectivity index is 1.10. The average Bonchev–Trinajstić information content (AvgIpc) is 3.43. The smallest absolute Gasteiger partial charge is 0.291 e. The first-order chi connectivity index (χ1) is 15.5. The fraction of sp³-hybridized carbons (Fsp3) is 0.440. The Morgan fingerprint density at radius 1 is 1.09 bits per heavy atom. The number of aromatic nitrogens is 2. The number of carbonyl (C=O) groups excluding carboxylic acids is 1. The predicted molar refractivity (Wildman–Crippen MR) is 116 cm³/mol. The second-order valence-corrected chi connectivity index (χ2v) is 9.78. The van der Waals surface area contributed by atoms with Gasteiger partial charge < -0.3 is 14.5 Å². The first kappa shape index (κ1) is 19.6. The molecule has 7 rings (SSSR count). The van der Waals surface area contributed by atoms with Crippen LogP contribution in [0.15, 0.2) is 53.2 Å². The molecule has 0 radical (unpaired) electrons. The lowest BCUT2D eigenvalue weighted by Gasteiger charge is -2.56. The van der Waals surface area contributed by atoms with Crippen molar-refractivity contribution in [2.75, 3.05) is 5.32 Å². The number of halogens is 1. The van der Waals surface area contributed by atoms with Crippen LogP contribution in [-0.4, -0.2) is 15.7 Å². The molecule has 4 bridgehead atoms. The van der Waals surface area contributed by atoms with Crippen molar-refractivity contribution in [2.24, 2.45) is 17.8 Å². The maximum absolute atomic E-state index is 13.0. The van der Waals surface area contributed by atoms with Crippen LogP contribution in [0.5, 0.6) is 5.75 Å². The number of hydrogen-bond acceptors (Lipinski definition) is 4. The van der Waals surface area contributed by atoms with Gasteiger partial charge in [0.1, 0.15) is 23.9 Å². The van der Waals surface area contributed by atoms with Crippen LogP contribution in [0.3, 0.4) is 0 Å². The highest BCUT2D eigenvalue weighted by Gasteiger charge is 2.52. The summed E-state index contributed by atoms with van der Waals surface area (Å²) < 4.78 is 26.3. The highest BCUT2D eigenvalue weighted by molar-refractivity contribution is 6.02. The molecule has 2 heterocycles. The van der Waals surface area contributed by atoms with Gasteiger partial charge in [-0.2, -0.15) is 5.10 Å². The van der Waals surface area contributed by atoms with Gasteiger partial charge in [-0.15, -0.1) is 0 Å². The minimum Gasteiger partial charge on any atom is -0.486 e. The molecule has 6 nitrogen and oxygen atoms in total. The van der Waals surface area contributed by atoms with Gasteiger partial charge in [-0.05, 0) is 92.7 Å². The zero-order valence-electron chi connectivity index (χ0n) is 17.8. The van der Waals surface area contributed by atoms with E-state index in [1.54, 1.807) is 30.5 Å². The number of anilines is 1. The zero-order valence-corrected chi connectivity index (χ0v) is 17.8. The third kappa shape index (κ3) is 3.59. The van der Waals surface area contributed by atoms with Gasteiger partial charge in [0.25, 0.3) is 5.91 Å². The molecule has 0 unspecified atom stereocenters. The molecule has 1 aromatic carbocycles. The number of amides is 1. The summed E-state index contributed by atoms with van der Waals surface area (Å²) in [6, 6.07) is 9.10. The summed E-state index contributed by atoms with van der Waals surface area (Å²) in [5.41, 5.74) is 0.819. The third-order valence-electron chi connectivity index (χ3n) is 7.41. The highest BCUT2D eigenvalue weighted by Crippen LogP contribution is 2.58. The van der Waals surface area contributed by atoms with Gasteiger partial charge in [-0.1, -0.05) is 0 Å². The first-order valence-corrected chi connectivity index (χ1v) is 11.4. The Morgan fingerprint density at radius 2 is 1.78 bits per heavy atom. The lowest BCUT2D eigenvalue weighted by atomic mass is 9.53. The van der Waals surface area contributed by atoms with Gasteiger partial charge in [0.2, 0.25) is 0 Å². The number of benzene rings is 1. The van der Waals surface area contributed by atoms with E-state index in [1.165, 1.54) is 50.7 Å². The first-order valence-electron chi connectivity index (χ1n) is 11.4. The van der Waals surface area contributed by atoms with Crippen LogP contribution in [0, 0.1) is 23.6 Å². The number of nitrogens with zero attached hydrogens (tertiary/aromatic N) is 2. The predicted octanol–water partition coefficient (Wildman–Crippen LogP) is 5.37. The molecule has 4 saturated carbocycles. The minimum absolute atomic E-state index is 0.132. The van der Waals surface area contributed by atoms with E-state index < -0.39 is 0 Å². The van der Waals surface area contributed by atoms with E-state index in [4.69, 9.17) is 9.15 Å². The molecule has 4 aliphatic carbocycles. The zero-order chi connectivity index (χ0) is 21.7. The van der Waals surface area contributed by atoms with E-state index in [2.05, 4.69) is 15.1 Å². The standard InChI is InChI=1S/C25H26FN3O3/c26-19-1-3-21(4-2-19)31-15-22-5-6-23(32-22)24(30)28-20-13-27-29(14-20)25-10-16-7-17(11-25)9-18(8-16)12-25/h1-6,13-14,16-18H,7-12,15H2,(H,28,30). The quantitative estimate of drug-likeness (QED) is 0.565. The molecule has 0 saturated heterocycles. The summed E-state index contributed by atoms with van der Waals surface area (Å²) in [5.74, 6) is 3.13. The van der Waals surface area contributed by atoms with E-state index in [0.717, 1.165) is 17.8 Å². The van der Waals surface area contributed by atoms with Crippen molar-refractivity contribution in [3.8, 4) is 5.75 Å². The van der Waals surface area contributed by atoms with E-state index in [1.807, 2.05) is 6.20 Å². The number of carbonyl (C=O) groups is 1. The van der Waals surface area contributed by atoms with Gasteiger partial charge in [0, 0.05) is 6.20 Å². The van der Waals surface area contributed by atoms with Crippen molar-refractivity contribution < 1.29 is 18.3 Å². The molecule has 0 atom stereocenters. The van der Waals surface area contributed by atoms with E-state index in [9.17, 15) is 9.18 Å². The summed E-state index contributed by atoms with van der Waals surface area (Å²) in [6.07, 6.45) is 11.5. The highest BCUT2D eigenvalue weighted by atomic mass is 19.1. The fourth-order valence-electron chi connectivity index (χ4n) is 6.45. The molecule has 7 heteroatoms. The second-order valence-electron chi connectivity index (χ2n) is 9.78. The summed E-state index contributed by atoms with van der Waals surface area (Å²) in [5, 5.41) is 7.56. The van der Waals surface area contributed by atoms with Gasteiger partial charge in [0.15, 0.2) is 5.76 Å². The van der Waals surface area contributed by atoms with Crippen molar-refractivity contribution in [3.05, 3.63) is 66.1 Å². The van der Waals surface area contributed by atoms with Crippen LogP contribution in [-0.2, 0) is 12.1 Å². The molecular formula is C25H26FN3O3. The number of rotatable bonds is 6. The number of furan rings is 1. The molecule has 1 N–H and O–H groups in total. The second kappa shape index (κ2) is 7.50. The van der Waals surface area contributed by atoms with Crippen molar-refractivity contribution in [2.45, 2.75) is 50.7 Å². The molecule has 2 aromatic heterocycles. The molecule has 0 spiro atoms. The Hall–Kier alpha value is -3.09. The SMILES string of the molecule is O=C(Nc1cnn(C23CC4CC(CC(C4)C2)C3)c1)c1ccc(COc2ccc(F)cc2)o1. The molecule has 3 aromatic rings. The van der Waals surface area contributed by atoms with Crippen molar-refractivity contribution in [1.82, 2.24) is 9.78 Å². The minimum atomic E-state index is -0.319. The van der Waals surface area contributed by atoms with E-state index in [0.29, 0.717) is 17.2 Å². The monoisotopic (exact) mass is 435 g/mol. The molecule has 0 aliphatic heterocycles. The van der Waals surface area contributed by atoms with E-state index in [-0.39, 0.29) is 29.6 Å². The van der Waals surface area contributed by atoms with E-state index >= 15 is 0 Å². The van der Waals surface area contributed by atoms with Crippen LogP contribution >= 0.6 is 0 Å². The summed E-state index contributed by atoms with van der Waals surface area (Å²) in [4.78, 5) is 12.7. The summed E-state index contributed by atoms with van der Waals surface area (Å²) in [7, 11) is 0. The normalized spacial score (nSPS) is 28.1. The Labute approximate surface area is 185 Å². The third-order valence-corrected chi connectivity index (χ3v) is 7.41.